The number of ether oxygens (including phenoxy) is 10. The molecule has 0 radical (unpaired) electrons. The van der Waals surface area contributed by atoms with Gasteiger partial charge in [-0.3, -0.25) is 0 Å². The fraction of sp³-hybridized carbons (Fsp3) is 1.00. The highest BCUT2D eigenvalue weighted by atomic mass is 16.7. The first-order valence-corrected chi connectivity index (χ1v) is 23.7. The van der Waals surface area contributed by atoms with Gasteiger partial charge in [0, 0.05) is 7.11 Å². The quantitative estimate of drug-likeness (QED) is 0.0571. The Hall–Kier alpha value is -1.36. The van der Waals surface area contributed by atoms with Gasteiger partial charge in [0.2, 0.25) is 0 Å². The Morgan fingerprint density at radius 2 is 0.533 bits per heavy atom. The van der Waals surface area contributed by atoms with Gasteiger partial charge in [0.15, 0.2) is 24.5 Å². The van der Waals surface area contributed by atoms with Crippen LogP contribution in [-0.2, 0) is 47.4 Å². The summed E-state index contributed by atoms with van der Waals surface area (Å²) in [6.07, 6.45) is -72.3. The number of methoxy groups -OCH3 is 1. The Bertz CT molecular complexity index is 1550. The van der Waals surface area contributed by atoms with Gasteiger partial charge >= 0.3 is 0 Å². The third-order valence-corrected chi connectivity index (χ3v) is 14.8. The van der Waals surface area contributed by atoms with Crippen LogP contribution < -0.4 is 0 Å². The summed E-state index contributed by atoms with van der Waals surface area (Å²) in [5.74, 6) is 0. The van der Waals surface area contributed by atoms with Gasteiger partial charge in [0.1, 0.15) is 183 Å². The van der Waals surface area contributed by atoms with E-state index in [1.165, 1.54) is 0 Å². The van der Waals surface area contributed by atoms with Gasteiger partial charge in [-0.25, -0.2) is 0 Å². The first kappa shape index (κ1) is 62.8. The van der Waals surface area contributed by atoms with E-state index in [2.05, 4.69) is 0 Å². The summed E-state index contributed by atoms with van der Waals surface area (Å²) in [6, 6.07) is 0. The maximum Gasteiger partial charge on any atom is 0.187 e. The molecule has 6 aliphatic rings. The smallest absolute Gasteiger partial charge is 0.187 e. The van der Waals surface area contributed by atoms with Crippen molar-refractivity contribution in [1.82, 2.24) is 0 Å². The van der Waals surface area contributed by atoms with E-state index in [0.717, 1.165) is 0 Å². The lowest BCUT2D eigenvalue weighted by atomic mass is 9.71. The highest BCUT2D eigenvalue weighted by Gasteiger charge is 2.67. The Morgan fingerprint density at radius 3 is 0.733 bits per heavy atom. The van der Waals surface area contributed by atoms with Crippen LogP contribution in [0.3, 0.4) is 0 Å². The minimum atomic E-state index is -3.51. The van der Waals surface area contributed by atoms with E-state index in [1.807, 2.05) is 0 Å². The van der Waals surface area contributed by atoms with Gasteiger partial charge in [0.25, 0.3) is 0 Å². The average molecular weight is 1110 g/mol. The number of aliphatic hydroxyl groups is 24. The van der Waals surface area contributed by atoms with Crippen molar-refractivity contribution in [3.05, 3.63) is 0 Å². The van der Waals surface area contributed by atoms with E-state index in [4.69, 9.17) is 47.4 Å². The first-order chi connectivity index (χ1) is 35.4. The second-order valence-electron chi connectivity index (χ2n) is 19.2. The SMILES string of the molecule is COC(C(O)C1O[C@@H](CO)[C@H](O[C@H]2O[C@@H](CO)[C@@H](O)[C@@H](O)[C@@H]2O)[C@@H](O)[C@@H]1O)(C(O)C1O[C@@H](CO)[C@H](O[C@H]2O[C@@H](CO)[C@@H](O)[C@@H](O)[C@@H]2O)[C@@H](O)[C@@H]1O)C(O)C1O[C@@H](CO)[C@H](O[C@H]2O[C@@H](CO)[C@@H](O)[C@@H](O)[C@@H]2O)[C@@H](O)[C@@H]1O. The van der Waals surface area contributed by atoms with Gasteiger partial charge in [-0.2, -0.15) is 0 Å². The molecule has 6 heterocycles. The van der Waals surface area contributed by atoms with Crippen LogP contribution in [0.5, 0.6) is 0 Å². The molecule has 34 nitrogen and oxygen atoms in total. The van der Waals surface area contributed by atoms with E-state index in [0.29, 0.717) is 7.11 Å². The largest absolute Gasteiger partial charge is 0.394 e. The monoisotopic (exact) mass is 1110 g/mol. The summed E-state index contributed by atoms with van der Waals surface area (Å²) >= 11 is 0. The Labute approximate surface area is 423 Å². The summed E-state index contributed by atoms with van der Waals surface area (Å²) in [5.41, 5.74) is -3.51. The summed E-state index contributed by atoms with van der Waals surface area (Å²) < 4.78 is 55.6. The molecule has 75 heavy (non-hydrogen) atoms. The molecule has 24 N–H and O–H groups in total. The van der Waals surface area contributed by atoms with E-state index in [-0.39, 0.29) is 0 Å². The molecule has 0 saturated carbocycles. The van der Waals surface area contributed by atoms with E-state index in [1.54, 1.807) is 0 Å². The number of aliphatic hydroxyl groups excluding tert-OH is 24. The molecule has 0 aromatic heterocycles. The van der Waals surface area contributed by atoms with Crippen molar-refractivity contribution in [3.8, 4) is 0 Å². The molecule has 0 bridgehead atoms. The molecule has 0 aromatic carbocycles. The molecular formula is C41H72O34. The van der Waals surface area contributed by atoms with Gasteiger partial charge in [-0.1, -0.05) is 0 Å². The Morgan fingerprint density at radius 1 is 0.307 bits per heavy atom. The summed E-state index contributed by atoms with van der Waals surface area (Å²) in [7, 11) is 0.635. The van der Waals surface area contributed by atoms with Crippen LogP contribution in [0.2, 0.25) is 0 Å². The molecular weight excluding hydrogens is 1040 g/mol. The fourth-order valence-corrected chi connectivity index (χ4v) is 10.3. The van der Waals surface area contributed by atoms with Crippen molar-refractivity contribution in [2.24, 2.45) is 0 Å². The predicted octanol–water partition coefficient (Wildman–Crippen LogP) is -16.5. The van der Waals surface area contributed by atoms with Gasteiger partial charge in [-0.05, 0) is 0 Å². The second kappa shape index (κ2) is 26.0. The molecule has 6 rings (SSSR count). The zero-order valence-corrected chi connectivity index (χ0v) is 39.6. The second-order valence-corrected chi connectivity index (χ2v) is 19.2. The molecule has 0 aliphatic carbocycles. The lowest BCUT2D eigenvalue weighted by Gasteiger charge is -2.56. The van der Waals surface area contributed by atoms with Crippen LogP contribution >= 0.6 is 0 Å². The summed E-state index contributed by atoms with van der Waals surface area (Å²) in [5, 5.41) is 261. The Balaban J connectivity index is 1.36. The molecule has 33 atom stereocenters. The summed E-state index contributed by atoms with van der Waals surface area (Å²) in [4.78, 5) is 0. The number of rotatable bonds is 19. The molecule has 6 fully saturated rings. The molecule has 34 heteroatoms. The minimum absolute atomic E-state index is 0.635. The zero-order valence-electron chi connectivity index (χ0n) is 39.6. The molecule has 6 saturated heterocycles. The highest BCUT2D eigenvalue weighted by Crippen LogP contribution is 2.43. The zero-order chi connectivity index (χ0) is 55.9. The van der Waals surface area contributed by atoms with Crippen molar-refractivity contribution < 1.29 is 170 Å². The van der Waals surface area contributed by atoms with Gasteiger partial charge in [0.05, 0.1) is 39.6 Å². The molecule has 6 aliphatic heterocycles. The van der Waals surface area contributed by atoms with Crippen LogP contribution in [0.1, 0.15) is 0 Å². The number of hydrogen-bond acceptors (Lipinski definition) is 34. The first-order valence-electron chi connectivity index (χ1n) is 23.7. The predicted molar refractivity (Wildman–Crippen MR) is 227 cm³/mol. The minimum Gasteiger partial charge on any atom is -0.394 e. The van der Waals surface area contributed by atoms with E-state index < -0.39 is 247 Å². The lowest BCUT2D eigenvalue weighted by molar-refractivity contribution is -0.370. The number of hydrogen-bond donors (Lipinski definition) is 24. The summed E-state index contributed by atoms with van der Waals surface area (Å²) in [6.45, 7) is -6.51. The topological polar surface area (TPSA) is 578 Å². The highest BCUT2D eigenvalue weighted by molar-refractivity contribution is 5.15. The third kappa shape index (κ3) is 11.7. The van der Waals surface area contributed by atoms with Crippen molar-refractivity contribution in [1.29, 1.82) is 0 Å². The standard InChI is InChI=1S/C41H72O34/c1-66-41(35(63)32-23(57)20(54)29(11(5-45)67-32)73-38-26(60)17(51)14(48)8(2-42)70-38,36(64)33-24(58)21(55)30(12(6-46)68-33)74-39-27(61)18(52)15(49)9(3-43)71-39)37(65)34-25(59)22(56)31(13(7-47)69-34)75-40-28(62)19(53)16(50)10(4-44)72-40/h8-40,42-65H,2-7H2,1H3/t8-,9-,10-,11-,12-,13-,14+,15+,16+,17+,18+,19+,20-,21-,22-,23-,24-,25-,26-,27-,28-,29-,30-,31-,32?,33?,34?,35?,36?,37?,38+,39+,40+,41?/m0/s1. The molecule has 0 spiro atoms. The molecule has 0 amide bonds. The third-order valence-electron chi connectivity index (χ3n) is 14.8. The maximum absolute atomic E-state index is 12.5. The van der Waals surface area contributed by atoms with Crippen LogP contribution in [0, 0.1) is 0 Å². The van der Waals surface area contributed by atoms with Crippen LogP contribution in [-0.4, -0.2) is 377 Å². The van der Waals surface area contributed by atoms with E-state index >= 15 is 0 Å². The van der Waals surface area contributed by atoms with Gasteiger partial charge in [-0.15, -0.1) is 0 Å². The van der Waals surface area contributed by atoms with Crippen LogP contribution in [0.25, 0.3) is 0 Å². The maximum atomic E-state index is 12.5. The Kier molecular flexibility index (Phi) is 21.8. The van der Waals surface area contributed by atoms with Crippen molar-refractivity contribution >= 4 is 0 Å². The van der Waals surface area contributed by atoms with Crippen molar-refractivity contribution in [3.63, 3.8) is 0 Å². The normalized spacial score (nSPS) is 51.2. The van der Waals surface area contributed by atoms with Gasteiger partial charge < -0.3 is 170 Å². The van der Waals surface area contributed by atoms with Crippen molar-refractivity contribution in [2.45, 2.75) is 208 Å². The van der Waals surface area contributed by atoms with Crippen LogP contribution in [0.4, 0.5) is 0 Å². The molecule has 440 valence electrons. The average Bonchev–Trinajstić information content (AvgIpc) is 3.40. The lowest BCUT2D eigenvalue weighted by Crippen LogP contribution is -2.78. The molecule has 0 aromatic rings. The molecule has 6 unspecified atom stereocenters. The van der Waals surface area contributed by atoms with Crippen LogP contribution in [0.15, 0.2) is 0 Å². The van der Waals surface area contributed by atoms with E-state index in [9.17, 15) is 123 Å². The fourth-order valence-electron chi connectivity index (χ4n) is 10.3. The van der Waals surface area contributed by atoms with Crippen molar-refractivity contribution in [2.75, 3.05) is 46.8 Å².